The number of hydrogen-bond acceptors (Lipinski definition) is 2. The van der Waals surface area contributed by atoms with Crippen LogP contribution in [0.2, 0.25) is 0 Å². The van der Waals surface area contributed by atoms with Crippen LogP contribution in [0.5, 0.6) is 0 Å². The second-order valence-electron chi connectivity index (χ2n) is 15.6. The molecule has 8 aromatic carbocycles. The third-order valence-electron chi connectivity index (χ3n) is 12.7. The molecule has 1 saturated carbocycles. The molecule has 2 heterocycles. The lowest BCUT2D eigenvalue weighted by atomic mass is 9.76. The van der Waals surface area contributed by atoms with Crippen molar-refractivity contribution in [1.29, 1.82) is 0 Å². The Morgan fingerprint density at radius 3 is 1.95 bits per heavy atom. The van der Waals surface area contributed by atoms with Crippen molar-refractivity contribution in [1.82, 2.24) is 4.57 Å². The van der Waals surface area contributed by atoms with E-state index in [0.29, 0.717) is 0 Å². The van der Waals surface area contributed by atoms with Gasteiger partial charge in [-0.05, 0) is 119 Å². The Morgan fingerprint density at radius 1 is 0.429 bits per heavy atom. The molecule has 10 aromatic rings. The normalized spacial score (nSPS) is 14.3. The number of benzene rings is 8. The number of anilines is 3. The van der Waals surface area contributed by atoms with E-state index in [9.17, 15) is 0 Å². The molecule has 2 aliphatic rings. The monoisotopic (exact) mass is 718 g/mol. The fraction of sp³-hybridized carbons (Fsp3) is 0.0943. The van der Waals surface area contributed by atoms with E-state index in [1.165, 1.54) is 92.2 Å². The van der Waals surface area contributed by atoms with Crippen molar-refractivity contribution in [3.05, 3.63) is 193 Å². The van der Waals surface area contributed by atoms with E-state index in [2.05, 4.69) is 185 Å². The fourth-order valence-electron chi connectivity index (χ4n) is 10.2. The molecule has 0 atom stereocenters. The van der Waals surface area contributed by atoms with Gasteiger partial charge in [0.1, 0.15) is 11.2 Å². The Hall–Kier alpha value is -6.84. The summed E-state index contributed by atoms with van der Waals surface area (Å²) in [4.78, 5) is 2.44. The average Bonchev–Trinajstić information content (AvgIpc) is 4.04. The van der Waals surface area contributed by atoms with Crippen LogP contribution in [0.1, 0.15) is 36.8 Å². The van der Waals surface area contributed by atoms with Gasteiger partial charge in [-0.3, -0.25) is 0 Å². The molecule has 266 valence electrons. The van der Waals surface area contributed by atoms with Gasteiger partial charge >= 0.3 is 0 Å². The number of furan rings is 1. The molecule has 2 aliphatic carbocycles. The van der Waals surface area contributed by atoms with Gasteiger partial charge in [0.15, 0.2) is 0 Å². The Labute approximate surface area is 325 Å². The van der Waals surface area contributed by atoms with Crippen molar-refractivity contribution in [2.45, 2.75) is 31.1 Å². The van der Waals surface area contributed by atoms with Crippen LogP contribution < -0.4 is 4.90 Å². The summed E-state index contributed by atoms with van der Waals surface area (Å²) < 4.78 is 8.68. The molecule has 0 radical (unpaired) electrons. The highest BCUT2D eigenvalue weighted by Gasteiger charge is 2.45. The lowest BCUT2D eigenvalue weighted by Gasteiger charge is -2.30. The molecule has 0 aliphatic heterocycles. The highest BCUT2D eigenvalue weighted by Crippen LogP contribution is 2.58. The third kappa shape index (κ3) is 4.58. The first-order valence-electron chi connectivity index (χ1n) is 19.9. The maximum absolute atomic E-state index is 6.29. The van der Waals surface area contributed by atoms with Gasteiger partial charge in [-0.15, -0.1) is 0 Å². The van der Waals surface area contributed by atoms with Crippen molar-refractivity contribution < 1.29 is 4.42 Å². The van der Waals surface area contributed by atoms with Crippen molar-refractivity contribution in [3.63, 3.8) is 0 Å². The third-order valence-corrected chi connectivity index (χ3v) is 12.7. The summed E-state index contributed by atoms with van der Waals surface area (Å²) >= 11 is 0. The van der Waals surface area contributed by atoms with Crippen LogP contribution in [-0.4, -0.2) is 4.57 Å². The minimum Gasteiger partial charge on any atom is -0.456 e. The summed E-state index contributed by atoms with van der Waals surface area (Å²) in [6.45, 7) is 0. The van der Waals surface area contributed by atoms with Crippen molar-refractivity contribution in [2.24, 2.45) is 0 Å². The Bertz CT molecular complexity index is 3140. The molecule has 3 heteroatoms. The van der Waals surface area contributed by atoms with E-state index in [0.717, 1.165) is 33.3 Å². The summed E-state index contributed by atoms with van der Waals surface area (Å²) in [7, 11) is 0. The average molecular weight is 719 g/mol. The minimum atomic E-state index is 0.0863. The molecule has 0 unspecified atom stereocenters. The van der Waals surface area contributed by atoms with Gasteiger partial charge < -0.3 is 13.9 Å². The molecular formula is C53H38N2O. The number of nitrogens with zero attached hydrogens (tertiary/aromatic N) is 2. The highest BCUT2D eigenvalue weighted by atomic mass is 16.3. The smallest absolute Gasteiger partial charge is 0.135 e. The predicted molar refractivity (Wildman–Crippen MR) is 233 cm³/mol. The molecule has 0 saturated heterocycles. The Morgan fingerprint density at radius 2 is 1.07 bits per heavy atom. The number of para-hydroxylation sites is 3. The van der Waals surface area contributed by atoms with Crippen LogP contribution in [0.4, 0.5) is 17.1 Å². The summed E-state index contributed by atoms with van der Waals surface area (Å²) in [5, 5.41) is 4.79. The van der Waals surface area contributed by atoms with Gasteiger partial charge in [0, 0.05) is 49.7 Å². The summed E-state index contributed by atoms with van der Waals surface area (Å²) in [5.74, 6) is 0. The lowest BCUT2D eigenvalue weighted by Crippen LogP contribution is -2.21. The second kappa shape index (κ2) is 12.1. The maximum Gasteiger partial charge on any atom is 0.135 e. The summed E-state index contributed by atoms with van der Waals surface area (Å²) in [5.41, 5.74) is 17.1. The molecule has 0 amide bonds. The molecular weight excluding hydrogens is 681 g/mol. The van der Waals surface area contributed by atoms with E-state index < -0.39 is 0 Å². The van der Waals surface area contributed by atoms with Crippen LogP contribution in [0.25, 0.3) is 71.7 Å². The zero-order valence-electron chi connectivity index (χ0n) is 31.0. The van der Waals surface area contributed by atoms with E-state index in [-0.39, 0.29) is 5.41 Å². The highest BCUT2D eigenvalue weighted by molar-refractivity contribution is 6.10. The fourth-order valence-corrected chi connectivity index (χ4v) is 10.2. The van der Waals surface area contributed by atoms with Crippen LogP contribution >= 0.6 is 0 Å². The van der Waals surface area contributed by atoms with Gasteiger partial charge in [-0.1, -0.05) is 122 Å². The van der Waals surface area contributed by atoms with Gasteiger partial charge in [0.25, 0.3) is 0 Å². The van der Waals surface area contributed by atoms with Crippen LogP contribution in [-0.2, 0) is 5.41 Å². The van der Waals surface area contributed by atoms with E-state index >= 15 is 0 Å². The zero-order valence-corrected chi connectivity index (χ0v) is 31.0. The molecule has 56 heavy (non-hydrogen) atoms. The molecule has 0 bridgehead atoms. The van der Waals surface area contributed by atoms with Crippen LogP contribution in [0, 0.1) is 0 Å². The minimum absolute atomic E-state index is 0.0863. The van der Waals surface area contributed by atoms with Crippen LogP contribution in [0.15, 0.2) is 186 Å². The van der Waals surface area contributed by atoms with E-state index in [1.54, 1.807) is 0 Å². The van der Waals surface area contributed by atoms with Gasteiger partial charge in [-0.2, -0.15) is 0 Å². The maximum atomic E-state index is 6.29. The standard InChI is InChI=1S/C53H38N2O/c1-2-12-37(13-3-1)55-49-18-8-5-15-43(49)44-27-22-36(32-50(44)55)35-20-23-38(24-21-35)54(39-26-29-52-46(33-39)45-16-6-9-19-51(45)56-52)40-25-28-42-41-14-4-7-17-47(41)53(48(42)34-40)30-10-11-31-53/h1-9,12-29,32-34H,10-11,30-31H2. The molecule has 3 nitrogen and oxygen atoms in total. The number of rotatable bonds is 5. The largest absolute Gasteiger partial charge is 0.456 e. The van der Waals surface area contributed by atoms with Gasteiger partial charge in [0.2, 0.25) is 0 Å². The molecule has 12 rings (SSSR count). The lowest BCUT2D eigenvalue weighted by molar-refractivity contribution is 0.550. The predicted octanol–water partition coefficient (Wildman–Crippen LogP) is 14.7. The molecule has 1 spiro atoms. The summed E-state index contributed by atoms with van der Waals surface area (Å²) in [6.07, 6.45) is 4.95. The number of hydrogen-bond donors (Lipinski definition) is 0. The molecule has 1 fully saturated rings. The quantitative estimate of drug-likeness (QED) is 0.177. The SMILES string of the molecule is c1ccc(-n2c3ccccc3c3ccc(-c4ccc(N(c5ccc6c(c5)C5(CCCC5)c5ccccc5-6)c5ccc6oc7ccccc7c6c5)cc4)cc32)cc1. The van der Waals surface area contributed by atoms with Gasteiger partial charge in [0.05, 0.1) is 11.0 Å². The summed E-state index contributed by atoms with van der Waals surface area (Å²) in [6, 6.07) is 66.8. The number of aromatic nitrogens is 1. The Balaban J connectivity index is 1.01. The number of fused-ring (bicyclic) bond motifs is 11. The topological polar surface area (TPSA) is 21.3 Å². The van der Waals surface area contributed by atoms with E-state index in [4.69, 9.17) is 4.42 Å². The van der Waals surface area contributed by atoms with Crippen molar-refractivity contribution in [3.8, 4) is 27.9 Å². The van der Waals surface area contributed by atoms with Crippen molar-refractivity contribution >= 4 is 60.8 Å². The van der Waals surface area contributed by atoms with Crippen molar-refractivity contribution in [2.75, 3.05) is 4.90 Å². The first-order valence-corrected chi connectivity index (χ1v) is 19.9. The zero-order chi connectivity index (χ0) is 36.8. The second-order valence-corrected chi connectivity index (χ2v) is 15.6. The molecule has 2 aromatic heterocycles. The first kappa shape index (κ1) is 31.5. The van der Waals surface area contributed by atoms with E-state index in [1.807, 2.05) is 6.07 Å². The van der Waals surface area contributed by atoms with Gasteiger partial charge in [-0.25, -0.2) is 0 Å². The van der Waals surface area contributed by atoms with Crippen LogP contribution in [0.3, 0.4) is 0 Å². The Kier molecular flexibility index (Phi) is 6.80. The first-order chi connectivity index (χ1) is 27.7. The molecule has 0 N–H and O–H groups in total.